The van der Waals surface area contributed by atoms with Crippen LogP contribution in [0, 0.1) is 0 Å². The van der Waals surface area contributed by atoms with Gasteiger partial charge in [-0.3, -0.25) is 14.6 Å². The predicted molar refractivity (Wildman–Crippen MR) is 94.1 cm³/mol. The molecule has 2 N–H and O–H groups in total. The minimum Gasteiger partial charge on any atom is -0.326 e. The van der Waals surface area contributed by atoms with E-state index in [1.54, 1.807) is 12.1 Å². The van der Waals surface area contributed by atoms with Crippen molar-refractivity contribution in [2.45, 2.75) is 38.0 Å². The van der Waals surface area contributed by atoms with Crippen molar-refractivity contribution in [3.05, 3.63) is 28.7 Å². The summed E-state index contributed by atoms with van der Waals surface area (Å²) in [6, 6.07) is 7.48. The predicted octanol–water partition coefficient (Wildman–Crippen LogP) is 3.16. The van der Waals surface area contributed by atoms with Crippen LogP contribution >= 0.6 is 27.7 Å². The molecule has 1 fully saturated rings. The lowest BCUT2D eigenvalue weighted by Crippen LogP contribution is -2.28. The maximum Gasteiger partial charge on any atom is 0.240 e. The molecule has 0 radical (unpaired) electrons. The van der Waals surface area contributed by atoms with Gasteiger partial charge >= 0.3 is 0 Å². The van der Waals surface area contributed by atoms with Crippen molar-refractivity contribution in [1.29, 1.82) is 0 Å². The third kappa shape index (κ3) is 4.84. The first-order valence-corrected chi connectivity index (χ1v) is 8.76. The van der Waals surface area contributed by atoms with Crippen LogP contribution < -0.4 is 10.6 Å². The van der Waals surface area contributed by atoms with Crippen molar-refractivity contribution in [2.24, 2.45) is 4.99 Å². The van der Waals surface area contributed by atoms with Gasteiger partial charge in [-0.05, 0) is 37.6 Å². The molecular weight excluding hydrogens is 366 g/mol. The molecule has 2 unspecified atom stereocenters. The molecular formula is C15H18BrN3O2S. The second-order valence-corrected chi connectivity index (χ2v) is 7.15. The van der Waals surface area contributed by atoms with Crippen molar-refractivity contribution < 1.29 is 9.59 Å². The molecule has 22 heavy (non-hydrogen) atoms. The second kappa shape index (κ2) is 7.78. The maximum absolute atomic E-state index is 12.0. The second-order valence-electron chi connectivity index (χ2n) is 5.05. The van der Waals surface area contributed by atoms with Gasteiger partial charge in [0, 0.05) is 22.6 Å². The van der Waals surface area contributed by atoms with Gasteiger partial charge in [0.25, 0.3) is 0 Å². The van der Waals surface area contributed by atoms with Crippen molar-refractivity contribution >= 4 is 50.4 Å². The van der Waals surface area contributed by atoms with E-state index in [4.69, 9.17) is 0 Å². The summed E-state index contributed by atoms with van der Waals surface area (Å²) in [5, 5.41) is 5.72. The van der Waals surface area contributed by atoms with E-state index in [1.165, 1.54) is 11.8 Å². The smallest absolute Gasteiger partial charge is 0.240 e. The van der Waals surface area contributed by atoms with Crippen molar-refractivity contribution in [3.63, 3.8) is 0 Å². The Hall–Kier alpha value is -1.34. The van der Waals surface area contributed by atoms with Gasteiger partial charge < -0.3 is 10.6 Å². The van der Waals surface area contributed by atoms with Crippen LogP contribution in [0.4, 0.5) is 5.69 Å². The molecule has 1 heterocycles. The average Bonchev–Trinajstić information content (AvgIpc) is 2.81. The van der Waals surface area contributed by atoms with Gasteiger partial charge in [-0.1, -0.05) is 34.6 Å². The van der Waals surface area contributed by atoms with Gasteiger partial charge in [0.2, 0.25) is 11.8 Å². The summed E-state index contributed by atoms with van der Waals surface area (Å²) < 4.78 is 0.946. The van der Waals surface area contributed by atoms with Crippen LogP contribution in [-0.4, -0.2) is 28.3 Å². The molecule has 2 atom stereocenters. The van der Waals surface area contributed by atoms with Gasteiger partial charge in [-0.15, -0.1) is 0 Å². The van der Waals surface area contributed by atoms with Crippen LogP contribution in [0.3, 0.4) is 0 Å². The third-order valence-corrected chi connectivity index (χ3v) is 4.83. The van der Waals surface area contributed by atoms with Gasteiger partial charge in [0.1, 0.15) is 5.25 Å². The highest BCUT2D eigenvalue weighted by Crippen LogP contribution is 2.24. The molecule has 0 aromatic heterocycles. The van der Waals surface area contributed by atoms with Crippen LogP contribution in [0.15, 0.2) is 33.7 Å². The van der Waals surface area contributed by atoms with Crippen molar-refractivity contribution in [3.8, 4) is 0 Å². The minimum absolute atomic E-state index is 0.131. The zero-order valence-corrected chi connectivity index (χ0v) is 14.8. The van der Waals surface area contributed by atoms with Crippen LogP contribution in [0.2, 0.25) is 0 Å². The highest BCUT2D eigenvalue weighted by Gasteiger charge is 2.32. The number of halogens is 1. The number of carbonyl (C=O) groups is 2. The lowest BCUT2D eigenvalue weighted by molar-refractivity contribution is -0.122. The quantitative estimate of drug-likeness (QED) is 0.819. The molecule has 1 aliphatic rings. The van der Waals surface area contributed by atoms with Gasteiger partial charge in [0.15, 0.2) is 5.17 Å². The third-order valence-electron chi connectivity index (χ3n) is 3.20. The summed E-state index contributed by atoms with van der Waals surface area (Å²) in [7, 11) is 0. The Kier molecular flexibility index (Phi) is 6.02. The fraction of sp³-hybridized carbons (Fsp3) is 0.400. The number of amides is 2. The molecule has 1 aliphatic heterocycles. The summed E-state index contributed by atoms with van der Waals surface area (Å²) in [4.78, 5) is 28.3. The maximum atomic E-state index is 12.0. The molecule has 7 heteroatoms. The zero-order chi connectivity index (χ0) is 16.1. The lowest BCUT2D eigenvalue weighted by atomic mass is 10.2. The van der Waals surface area contributed by atoms with Crippen molar-refractivity contribution in [1.82, 2.24) is 5.32 Å². The molecule has 1 aromatic rings. The normalized spacial score (nSPS) is 20.8. The Morgan fingerprint density at radius 1 is 1.45 bits per heavy atom. The topological polar surface area (TPSA) is 70.6 Å². The van der Waals surface area contributed by atoms with E-state index in [9.17, 15) is 9.59 Å². The van der Waals surface area contributed by atoms with Gasteiger partial charge in [-0.2, -0.15) is 0 Å². The fourth-order valence-corrected chi connectivity index (χ4v) is 3.14. The van der Waals surface area contributed by atoms with Crippen LogP contribution in [0.1, 0.15) is 26.7 Å². The monoisotopic (exact) mass is 383 g/mol. The van der Waals surface area contributed by atoms with Gasteiger partial charge in [0.05, 0.1) is 0 Å². The number of rotatable bonds is 5. The number of aliphatic imine (C=N–C) groups is 1. The number of anilines is 1. The Morgan fingerprint density at radius 2 is 2.14 bits per heavy atom. The number of amidine groups is 1. The van der Waals surface area contributed by atoms with E-state index in [-0.39, 0.29) is 24.3 Å². The van der Waals surface area contributed by atoms with E-state index < -0.39 is 5.25 Å². The highest BCUT2D eigenvalue weighted by molar-refractivity contribution is 9.10. The number of nitrogens with zero attached hydrogens (tertiary/aromatic N) is 1. The Balaban J connectivity index is 1.90. The van der Waals surface area contributed by atoms with Crippen LogP contribution in [-0.2, 0) is 9.59 Å². The van der Waals surface area contributed by atoms with Gasteiger partial charge in [-0.25, -0.2) is 0 Å². The van der Waals surface area contributed by atoms with E-state index in [0.29, 0.717) is 10.9 Å². The number of nitrogens with one attached hydrogen (secondary N) is 2. The first kappa shape index (κ1) is 17.0. The number of benzene rings is 1. The molecule has 0 spiro atoms. The minimum atomic E-state index is -0.418. The van der Waals surface area contributed by atoms with Crippen molar-refractivity contribution in [2.75, 3.05) is 5.32 Å². The van der Waals surface area contributed by atoms with E-state index >= 15 is 0 Å². The Bertz CT molecular complexity index is 589. The zero-order valence-electron chi connectivity index (χ0n) is 12.4. The molecule has 1 saturated heterocycles. The summed E-state index contributed by atoms with van der Waals surface area (Å²) in [6.45, 7) is 4.03. The first-order valence-electron chi connectivity index (χ1n) is 7.08. The Morgan fingerprint density at radius 3 is 2.77 bits per heavy atom. The molecule has 0 bridgehead atoms. The van der Waals surface area contributed by atoms with Crippen LogP contribution in [0.25, 0.3) is 0 Å². The number of hydrogen-bond donors (Lipinski definition) is 2. The molecule has 5 nitrogen and oxygen atoms in total. The summed E-state index contributed by atoms with van der Waals surface area (Å²) >= 11 is 4.67. The molecule has 2 rings (SSSR count). The molecule has 0 aliphatic carbocycles. The highest BCUT2D eigenvalue weighted by atomic mass is 79.9. The summed E-state index contributed by atoms with van der Waals surface area (Å²) in [5.74, 6) is -0.335. The largest absolute Gasteiger partial charge is 0.326 e. The van der Waals surface area contributed by atoms with Crippen LogP contribution in [0.5, 0.6) is 0 Å². The summed E-state index contributed by atoms with van der Waals surface area (Å²) in [6.07, 6.45) is 1.04. The molecule has 0 saturated carbocycles. The Labute approximate surface area is 142 Å². The van der Waals surface area contributed by atoms with E-state index in [1.807, 2.05) is 26.0 Å². The van der Waals surface area contributed by atoms with E-state index in [2.05, 4.69) is 31.6 Å². The first-order chi connectivity index (χ1) is 10.5. The molecule has 118 valence electrons. The SMILES string of the molecule is CCC(C)N=C1NC(=O)C(CC(=O)Nc2ccc(Br)cc2)S1. The molecule has 1 aromatic carbocycles. The average molecular weight is 384 g/mol. The number of hydrogen-bond acceptors (Lipinski definition) is 4. The number of carbonyl (C=O) groups excluding carboxylic acids is 2. The fourth-order valence-electron chi connectivity index (χ4n) is 1.81. The summed E-state index contributed by atoms with van der Waals surface area (Å²) in [5.41, 5.74) is 0.713. The van der Waals surface area contributed by atoms with E-state index in [0.717, 1.165) is 10.9 Å². The number of thioether (sulfide) groups is 1. The lowest BCUT2D eigenvalue weighted by Gasteiger charge is -2.07. The standard InChI is InChI=1S/C15H18BrN3O2S/c1-3-9(2)17-15-19-14(21)12(22-15)8-13(20)18-11-6-4-10(16)5-7-11/h4-7,9,12H,3,8H2,1-2H3,(H,18,20)(H,17,19,21). The molecule has 2 amide bonds.